The zero-order valence-corrected chi connectivity index (χ0v) is 22.7. The Labute approximate surface area is 237 Å². The summed E-state index contributed by atoms with van der Waals surface area (Å²) >= 11 is 0. The highest BCUT2D eigenvalue weighted by Gasteiger charge is 2.45. The second-order valence-electron chi connectivity index (χ2n) is 10.8. The van der Waals surface area contributed by atoms with Crippen LogP contribution < -0.4 is 5.32 Å². The molecule has 6 rings (SSSR count). The lowest BCUT2D eigenvalue weighted by Gasteiger charge is -2.43. The summed E-state index contributed by atoms with van der Waals surface area (Å²) in [6.45, 7) is 3.84. The highest BCUT2D eigenvalue weighted by atomic mass is 16.2. The zero-order chi connectivity index (χ0) is 28.7. The number of hydrogen-bond acceptors (Lipinski definition) is 6. The van der Waals surface area contributed by atoms with Gasteiger partial charge in [0.1, 0.15) is 6.04 Å². The number of nitrogens with zero attached hydrogens (tertiary/aromatic N) is 3. The van der Waals surface area contributed by atoms with Crippen LogP contribution in [0.4, 0.5) is 0 Å². The van der Waals surface area contributed by atoms with Gasteiger partial charge in [0.25, 0.3) is 17.7 Å². The first-order valence-corrected chi connectivity index (χ1v) is 13.8. The molecule has 3 aromatic rings. The molecule has 0 spiro atoms. The summed E-state index contributed by atoms with van der Waals surface area (Å²) in [6.07, 6.45) is 0.128. The van der Waals surface area contributed by atoms with Crippen LogP contribution in [0.15, 0.2) is 78.9 Å². The van der Waals surface area contributed by atoms with Gasteiger partial charge in [-0.15, -0.1) is 0 Å². The van der Waals surface area contributed by atoms with Crippen LogP contribution in [-0.4, -0.2) is 76.0 Å². The highest BCUT2D eigenvalue weighted by Crippen LogP contribution is 2.32. The summed E-state index contributed by atoms with van der Waals surface area (Å²) in [6, 6.07) is 24.1. The van der Waals surface area contributed by atoms with Crippen molar-refractivity contribution < 1.29 is 24.0 Å². The van der Waals surface area contributed by atoms with Crippen LogP contribution >= 0.6 is 0 Å². The average Bonchev–Trinajstić information content (AvgIpc) is 3.23. The molecule has 2 atom stereocenters. The monoisotopic (exact) mass is 550 g/mol. The molecule has 0 aliphatic carbocycles. The van der Waals surface area contributed by atoms with Gasteiger partial charge in [-0.1, -0.05) is 60.7 Å². The number of fused-ring (bicyclic) bond motifs is 1. The van der Waals surface area contributed by atoms with Crippen LogP contribution in [0, 0.1) is 0 Å². The van der Waals surface area contributed by atoms with E-state index in [1.165, 1.54) is 23.3 Å². The molecule has 1 unspecified atom stereocenters. The first kappa shape index (κ1) is 26.6. The molecular weight excluding hydrogens is 520 g/mol. The predicted molar refractivity (Wildman–Crippen MR) is 150 cm³/mol. The minimum atomic E-state index is -1.05. The number of carbonyl (C=O) groups is 5. The Hall–Kier alpha value is -4.63. The van der Waals surface area contributed by atoms with Crippen molar-refractivity contribution in [3.8, 4) is 0 Å². The number of rotatable bonds is 5. The molecule has 2 saturated heterocycles. The Kier molecular flexibility index (Phi) is 6.96. The third kappa shape index (κ3) is 4.82. The van der Waals surface area contributed by atoms with Crippen LogP contribution in [0.1, 0.15) is 68.0 Å². The van der Waals surface area contributed by atoms with E-state index in [0.29, 0.717) is 25.2 Å². The average molecular weight is 551 g/mol. The van der Waals surface area contributed by atoms with Gasteiger partial charge >= 0.3 is 0 Å². The molecule has 3 aromatic carbocycles. The molecule has 9 heteroatoms. The van der Waals surface area contributed by atoms with Gasteiger partial charge in [-0.2, -0.15) is 0 Å². The summed E-state index contributed by atoms with van der Waals surface area (Å²) in [5, 5.41) is 2.20. The molecule has 1 N–H and O–H groups in total. The first-order valence-electron chi connectivity index (χ1n) is 13.8. The number of piperidine rings is 1. The minimum absolute atomic E-state index is 0.0484. The van der Waals surface area contributed by atoms with Gasteiger partial charge in [0.15, 0.2) is 0 Å². The Morgan fingerprint density at radius 1 is 0.829 bits per heavy atom. The number of imide groups is 2. The maximum Gasteiger partial charge on any atom is 0.262 e. The van der Waals surface area contributed by atoms with E-state index in [0.717, 1.165) is 4.90 Å². The molecule has 0 radical (unpaired) electrons. The van der Waals surface area contributed by atoms with E-state index in [1.54, 1.807) is 6.07 Å². The number of nitrogens with one attached hydrogen (secondary N) is 1. The number of hydrogen-bond donors (Lipinski definition) is 1. The zero-order valence-electron chi connectivity index (χ0n) is 22.7. The highest BCUT2D eigenvalue weighted by molar-refractivity contribution is 6.24. The van der Waals surface area contributed by atoms with Gasteiger partial charge in [0.2, 0.25) is 11.8 Å². The number of amides is 5. The lowest BCUT2D eigenvalue weighted by atomic mass is 9.95. The van der Waals surface area contributed by atoms with Crippen molar-refractivity contribution in [2.75, 3.05) is 19.6 Å². The van der Waals surface area contributed by atoms with Crippen LogP contribution in [-0.2, 0) is 9.59 Å². The van der Waals surface area contributed by atoms with E-state index in [-0.39, 0.29) is 42.0 Å². The summed E-state index contributed by atoms with van der Waals surface area (Å²) in [7, 11) is 0. The van der Waals surface area contributed by atoms with E-state index < -0.39 is 29.7 Å². The number of benzene rings is 3. The quantitative estimate of drug-likeness (QED) is 0.490. The van der Waals surface area contributed by atoms with Crippen LogP contribution in [0.5, 0.6) is 0 Å². The molecule has 0 aromatic heterocycles. The Balaban J connectivity index is 1.20. The Bertz CT molecular complexity index is 1500. The fourth-order valence-corrected chi connectivity index (χ4v) is 6.18. The molecule has 3 aliphatic rings. The number of carbonyl (C=O) groups excluding carboxylic acids is 5. The summed E-state index contributed by atoms with van der Waals surface area (Å²) < 4.78 is 0. The van der Waals surface area contributed by atoms with Gasteiger partial charge < -0.3 is 4.90 Å². The molecule has 3 heterocycles. The van der Waals surface area contributed by atoms with Crippen molar-refractivity contribution in [3.05, 3.63) is 107 Å². The number of piperazine rings is 1. The molecule has 3 aliphatic heterocycles. The van der Waals surface area contributed by atoms with Crippen molar-refractivity contribution in [3.63, 3.8) is 0 Å². The normalized spacial score (nSPS) is 21.3. The lowest BCUT2D eigenvalue weighted by molar-refractivity contribution is -0.136. The van der Waals surface area contributed by atoms with Crippen molar-refractivity contribution in [1.82, 2.24) is 20.0 Å². The molecule has 208 valence electrons. The van der Waals surface area contributed by atoms with Gasteiger partial charge in [0, 0.05) is 37.7 Å². The van der Waals surface area contributed by atoms with Crippen LogP contribution in [0.2, 0.25) is 0 Å². The van der Waals surface area contributed by atoms with E-state index in [2.05, 4.69) is 34.5 Å². The third-order valence-corrected chi connectivity index (χ3v) is 8.20. The van der Waals surface area contributed by atoms with E-state index >= 15 is 0 Å². The third-order valence-electron chi connectivity index (χ3n) is 8.20. The fourth-order valence-electron chi connectivity index (χ4n) is 6.18. The molecule has 2 fully saturated rings. The van der Waals surface area contributed by atoms with Crippen molar-refractivity contribution in [2.45, 2.75) is 37.9 Å². The predicted octanol–water partition coefficient (Wildman–Crippen LogP) is 3.02. The van der Waals surface area contributed by atoms with Crippen molar-refractivity contribution >= 4 is 29.5 Å². The Morgan fingerprint density at radius 3 is 2.07 bits per heavy atom. The van der Waals surface area contributed by atoms with Crippen molar-refractivity contribution in [2.24, 2.45) is 0 Å². The largest absolute Gasteiger partial charge is 0.333 e. The second kappa shape index (κ2) is 10.7. The molecule has 41 heavy (non-hydrogen) atoms. The van der Waals surface area contributed by atoms with E-state index in [9.17, 15) is 24.0 Å². The topological polar surface area (TPSA) is 107 Å². The summed E-state index contributed by atoms with van der Waals surface area (Å²) in [4.78, 5) is 69.0. The summed E-state index contributed by atoms with van der Waals surface area (Å²) in [5.41, 5.74) is 2.95. The molecular formula is C32H30N4O5. The smallest absolute Gasteiger partial charge is 0.262 e. The van der Waals surface area contributed by atoms with Crippen LogP contribution in [0.25, 0.3) is 0 Å². The van der Waals surface area contributed by atoms with Gasteiger partial charge in [-0.05, 0) is 42.7 Å². The molecule has 0 bridgehead atoms. The van der Waals surface area contributed by atoms with E-state index in [1.807, 2.05) is 48.2 Å². The maximum atomic E-state index is 13.7. The lowest BCUT2D eigenvalue weighted by Crippen LogP contribution is -2.54. The SMILES string of the molecule is C[C@@H]1CN(C(c2ccccc2)c2ccccc2)CCN1C(=O)c1ccc2c(c1)C(=O)N(C1CCC(=O)NC1=O)C2=O. The van der Waals surface area contributed by atoms with Gasteiger partial charge in [0.05, 0.1) is 17.2 Å². The molecule has 9 nitrogen and oxygen atoms in total. The van der Waals surface area contributed by atoms with E-state index in [4.69, 9.17) is 0 Å². The summed E-state index contributed by atoms with van der Waals surface area (Å²) in [5.74, 6) is -2.52. The molecule has 5 amide bonds. The standard InChI is InChI=1S/C32H30N4O5/c1-20-19-34(28(21-8-4-2-5-9-21)22-10-6-3-7-11-22)16-17-35(20)30(39)23-12-13-24-25(18-23)32(41)36(31(24)40)26-14-15-27(37)33-29(26)38/h2-13,18,20,26,28H,14-17,19H2,1H3,(H,33,37,38)/t20-,26?/m1/s1. The minimum Gasteiger partial charge on any atom is -0.333 e. The van der Waals surface area contributed by atoms with Gasteiger partial charge in [-0.25, -0.2) is 0 Å². The fraction of sp³-hybridized carbons (Fsp3) is 0.281. The van der Waals surface area contributed by atoms with Crippen LogP contribution in [0.3, 0.4) is 0 Å². The molecule has 0 saturated carbocycles. The van der Waals surface area contributed by atoms with Crippen molar-refractivity contribution in [1.29, 1.82) is 0 Å². The van der Waals surface area contributed by atoms with Gasteiger partial charge in [-0.3, -0.25) is 39.1 Å². The Morgan fingerprint density at radius 2 is 1.46 bits per heavy atom. The maximum absolute atomic E-state index is 13.7. The first-order chi connectivity index (χ1) is 19.8. The second-order valence-corrected chi connectivity index (χ2v) is 10.8.